The molecule has 4 heteroatoms. The average Bonchev–Trinajstić information content (AvgIpc) is 2.49. The van der Waals surface area contributed by atoms with Crippen LogP contribution in [-0.2, 0) is 6.42 Å². The molecule has 2 aromatic rings. The van der Waals surface area contributed by atoms with Gasteiger partial charge in [-0.2, -0.15) is 0 Å². The first-order valence-corrected chi connectivity index (χ1v) is 5.81. The molecule has 15 heavy (non-hydrogen) atoms. The molecular weight excluding hydrogens is 228 g/mol. The van der Waals surface area contributed by atoms with Crippen LogP contribution >= 0.6 is 22.9 Å². The zero-order chi connectivity index (χ0) is 10.8. The summed E-state index contributed by atoms with van der Waals surface area (Å²) in [7, 11) is 0. The third kappa shape index (κ3) is 2.49. The van der Waals surface area contributed by atoms with E-state index in [0.29, 0.717) is 5.13 Å². The number of nitrogens with two attached hydrogens (primary N) is 1. The van der Waals surface area contributed by atoms with Gasteiger partial charge in [0.05, 0.1) is 5.69 Å². The minimum absolute atomic E-state index is 0.636. The van der Waals surface area contributed by atoms with Gasteiger partial charge in [-0.05, 0) is 24.6 Å². The zero-order valence-electron chi connectivity index (χ0n) is 8.33. The summed E-state index contributed by atoms with van der Waals surface area (Å²) >= 11 is 7.37. The lowest BCUT2D eigenvalue weighted by atomic mass is 10.1. The number of thiazole rings is 1. The largest absolute Gasteiger partial charge is 0.375 e. The quantitative estimate of drug-likeness (QED) is 0.872. The third-order valence-corrected chi connectivity index (χ3v) is 3.43. The van der Waals surface area contributed by atoms with Crippen LogP contribution in [0.25, 0.3) is 0 Å². The van der Waals surface area contributed by atoms with Crippen LogP contribution in [0.2, 0.25) is 5.02 Å². The fraction of sp³-hybridized carbons (Fsp3) is 0.182. The zero-order valence-corrected chi connectivity index (χ0v) is 9.90. The van der Waals surface area contributed by atoms with Gasteiger partial charge in [0.15, 0.2) is 5.13 Å². The number of aromatic nitrogens is 1. The van der Waals surface area contributed by atoms with Crippen LogP contribution in [-0.4, -0.2) is 4.98 Å². The maximum Gasteiger partial charge on any atom is 0.180 e. The van der Waals surface area contributed by atoms with Crippen LogP contribution in [0.1, 0.15) is 16.1 Å². The molecule has 0 spiro atoms. The first-order chi connectivity index (χ1) is 7.15. The van der Waals surface area contributed by atoms with Crippen LogP contribution in [0.5, 0.6) is 0 Å². The van der Waals surface area contributed by atoms with Gasteiger partial charge in [-0.15, -0.1) is 11.3 Å². The molecule has 0 aliphatic carbocycles. The van der Waals surface area contributed by atoms with Gasteiger partial charge in [0, 0.05) is 16.3 Å². The smallest absolute Gasteiger partial charge is 0.180 e. The summed E-state index contributed by atoms with van der Waals surface area (Å²) in [4.78, 5) is 5.41. The fourth-order valence-corrected chi connectivity index (χ4v) is 2.40. The molecule has 0 saturated heterocycles. The van der Waals surface area contributed by atoms with Crippen molar-refractivity contribution in [2.45, 2.75) is 13.3 Å². The number of anilines is 1. The fourth-order valence-electron chi connectivity index (χ4n) is 1.40. The lowest BCUT2D eigenvalue weighted by Gasteiger charge is -1.99. The Morgan fingerprint density at radius 2 is 2.00 bits per heavy atom. The van der Waals surface area contributed by atoms with E-state index in [0.717, 1.165) is 17.1 Å². The van der Waals surface area contributed by atoms with Crippen molar-refractivity contribution in [1.29, 1.82) is 0 Å². The number of benzene rings is 1. The summed E-state index contributed by atoms with van der Waals surface area (Å²) in [6.07, 6.45) is 0.873. The highest BCUT2D eigenvalue weighted by atomic mass is 35.5. The minimum atomic E-state index is 0.636. The van der Waals surface area contributed by atoms with E-state index < -0.39 is 0 Å². The number of hydrogen-bond acceptors (Lipinski definition) is 3. The van der Waals surface area contributed by atoms with Crippen LogP contribution in [0.4, 0.5) is 5.13 Å². The summed E-state index contributed by atoms with van der Waals surface area (Å²) < 4.78 is 0. The van der Waals surface area contributed by atoms with Crippen LogP contribution in [0.15, 0.2) is 24.3 Å². The summed E-state index contributed by atoms with van der Waals surface area (Å²) in [6.45, 7) is 1.98. The Hall–Kier alpha value is -1.06. The van der Waals surface area contributed by atoms with Crippen LogP contribution in [0.3, 0.4) is 0 Å². The van der Waals surface area contributed by atoms with E-state index in [1.165, 1.54) is 10.4 Å². The number of halogens is 1. The topological polar surface area (TPSA) is 38.9 Å². The number of hydrogen-bond donors (Lipinski definition) is 1. The molecule has 2 rings (SSSR count). The Labute approximate surface area is 97.7 Å². The van der Waals surface area contributed by atoms with Crippen molar-refractivity contribution in [2.75, 3.05) is 5.73 Å². The molecule has 0 saturated carbocycles. The molecule has 0 aliphatic heterocycles. The normalized spacial score (nSPS) is 10.5. The van der Waals surface area contributed by atoms with Gasteiger partial charge in [0.1, 0.15) is 0 Å². The van der Waals surface area contributed by atoms with Crippen LogP contribution < -0.4 is 5.73 Å². The maximum atomic E-state index is 5.82. The van der Waals surface area contributed by atoms with E-state index in [2.05, 4.69) is 4.98 Å². The highest BCUT2D eigenvalue weighted by molar-refractivity contribution is 7.15. The first kappa shape index (κ1) is 10.5. The molecule has 2 nitrogen and oxygen atoms in total. The molecule has 0 amide bonds. The van der Waals surface area contributed by atoms with E-state index >= 15 is 0 Å². The number of aryl methyl sites for hydroxylation is 1. The van der Waals surface area contributed by atoms with Gasteiger partial charge in [-0.1, -0.05) is 23.7 Å². The van der Waals surface area contributed by atoms with Gasteiger partial charge in [-0.25, -0.2) is 4.98 Å². The molecule has 0 atom stereocenters. The second kappa shape index (κ2) is 4.21. The highest BCUT2D eigenvalue weighted by Gasteiger charge is 2.05. The van der Waals surface area contributed by atoms with E-state index in [1.807, 2.05) is 31.2 Å². The average molecular weight is 239 g/mol. The molecule has 1 heterocycles. The predicted octanol–water partition coefficient (Wildman–Crippen LogP) is 3.28. The highest BCUT2D eigenvalue weighted by Crippen LogP contribution is 2.23. The summed E-state index contributed by atoms with van der Waals surface area (Å²) in [5.74, 6) is 0. The van der Waals surface area contributed by atoms with Gasteiger partial charge in [0.2, 0.25) is 0 Å². The molecule has 2 N–H and O–H groups in total. The Morgan fingerprint density at radius 1 is 1.33 bits per heavy atom. The van der Waals surface area contributed by atoms with Crippen molar-refractivity contribution in [3.63, 3.8) is 0 Å². The van der Waals surface area contributed by atoms with E-state index in [-0.39, 0.29) is 0 Å². The second-order valence-corrected chi connectivity index (χ2v) is 4.92. The van der Waals surface area contributed by atoms with Crippen molar-refractivity contribution in [3.05, 3.63) is 45.4 Å². The van der Waals surface area contributed by atoms with Crippen molar-refractivity contribution >= 4 is 28.1 Å². The van der Waals surface area contributed by atoms with Gasteiger partial charge in [-0.3, -0.25) is 0 Å². The number of nitrogens with zero attached hydrogens (tertiary/aromatic N) is 1. The Balaban J connectivity index is 2.21. The molecule has 0 radical (unpaired) electrons. The molecule has 0 fully saturated rings. The monoisotopic (exact) mass is 238 g/mol. The molecule has 0 bridgehead atoms. The minimum Gasteiger partial charge on any atom is -0.375 e. The molecule has 0 unspecified atom stereocenters. The maximum absolute atomic E-state index is 5.82. The van der Waals surface area contributed by atoms with Crippen molar-refractivity contribution < 1.29 is 0 Å². The first-order valence-electron chi connectivity index (χ1n) is 4.61. The van der Waals surface area contributed by atoms with E-state index in [1.54, 1.807) is 11.3 Å². The van der Waals surface area contributed by atoms with E-state index in [9.17, 15) is 0 Å². The summed E-state index contributed by atoms with van der Waals surface area (Å²) in [5.41, 5.74) is 7.89. The third-order valence-electron chi connectivity index (χ3n) is 2.19. The predicted molar refractivity (Wildman–Crippen MR) is 65.5 cm³/mol. The molecule has 0 aliphatic rings. The van der Waals surface area contributed by atoms with Gasteiger partial charge >= 0.3 is 0 Å². The second-order valence-electron chi connectivity index (χ2n) is 3.36. The molecule has 78 valence electrons. The van der Waals surface area contributed by atoms with Gasteiger partial charge in [0.25, 0.3) is 0 Å². The van der Waals surface area contributed by atoms with Crippen LogP contribution in [0, 0.1) is 6.92 Å². The Kier molecular flexibility index (Phi) is 2.93. The van der Waals surface area contributed by atoms with Crippen molar-refractivity contribution in [2.24, 2.45) is 0 Å². The molecular formula is C11H11ClN2S. The SMILES string of the molecule is Cc1nc(N)sc1Cc1ccc(Cl)cc1. The molecule has 1 aromatic heterocycles. The Bertz CT molecular complexity index is 462. The lowest BCUT2D eigenvalue weighted by Crippen LogP contribution is -1.87. The van der Waals surface area contributed by atoms with E-state index in [4.69, 9.17) is 17.3 Å². The van der Waals surface area contributed by atoms with Crippen molar-refractivity contribution in [1.82, 2.24) is 4.98 Å². The molecule has 1 aromatic carbocycles. The standard InChI is InChI=1S/C11H11ClN2S/c1-7-10(15-11(13)14-7)6-8-2-4-9(12)5-3-8/h2-5H,6H2,1H3,(H2,13,14). The van der Waals surface area contributed by atoms with Crippen molar-refractivity contribution in [3.8, 4) is 0 Å². The number of rotatable bonds is 2. The Morgan fingerprint density at radius 3 is 2.53 bits per heavy atom. The lowest BCUT2D eigenvalue weighted by molar-refractivity contribution is 1.15. The number of nitrogen functional groups attached to an aromatic ring is 1. The van der Waals surface area contributed by atoms with Gasteiger partial charge < -0.3 is 5.73 Å². The summed E-state index contributed by atoms with van der Waals surface area (Å²) in [5, 5.41) is 1.40. The summed E-state index contributed by atoms with van der Waals surface area (Å²) in [6, 6.07) is 7.85.